The van der Waals surface area contributed by atoms with Crippen molar-refractivity contribution < 1.29 is 9.84 Å². The molecular weight excluding hydrogens is 320 g/mol. The van der Waals surface area contributed by atoms with Gasteiger partial charge in [-0.25, -0.2) is 0 Å². The Hall–Kier alpha value is -0.390. The maximum atomic E-state index is 10.8. The summed E-state index contributed by atoms with van der Waals surface area (Å²) >= 11 is 3.51. The predicted molar refractivity (Wildman–Crippen MR) is 82.5 cm³/mol. The minimum atomic E-state index is -0.619. The molecule has 0 aromatic carbocycles. The maximum Gasteiger partial charge on any atom is 0.123 e. The first-order chi connectivity index (χ1) is 9.69. The third-order valence-corrected chi connectivity index (χ3v) is 4.86. The molecule has 20 heavy (non-hydrogen) atoms. The molecule has 1 fully saturated rings. The number of nitrogens with zero attached hydrogens (tertiary/aromatic N) is 2. The van der Waals surface area contributed by atoms with E-state index in [1.807, 2.05) is 4.68 Å². The van der Waals surface area contributed by atoms with Crippen molar-refractivity contribution in [3.05, 3.63) is 16.4 Å². The summed E-state index contributed by atoms with van der Waals surface area (Å²) in [5, 5.41) is 15.1. The van der Waals surface area contributed by atoms with E-state index in [1.165, 1.54) is 19.3 Å². The Morgan fingerprint density at radius 2 is 2.15 bits per heavy atom. The van der Waals surface area contributed by atoms with E-state index in [1.54, 1.807) is 13.3 Å². The fourth-order valence-corrected chi connectivity index (χ4v) is 3.78. The summed E-state index contributed by atoms with van der Waals surface area (Å²) in [7, 11) is 1.71. The zero-order chi connectivity index (χ0) is 14.5. The smallest absolute Gasteiger partial charge is 0.123 e. The van der Waals surface area contributed by atoms with Crippen molar-refractivity contribution in [1.29, 1.82) is 0 Å². The SMILES string of the molecule is CCCn1ncc(Br)c1C(O)C(OC)C1CCCCC1. The Morgan fingerprint density at radius 3 is 2.75 bits per heavy atom. The zero-order valence-corrected chi connectivity index (χ0v) is 14.0. The van der Waals surface area contributed by atoms with E-state index >= 15 is 0 Å². The van der Waals surface area contributed by atoms with Gasteiger partial charge in [0.05, 0.1) is 22.5 Å². The van der Waals surface area contributed by atoms with Gasteiger partial charge in [0.1, 0.15) is 6.10 Å². The quantitative estimate of drug-likeness (QED) is 0.855. The van der Waals surface area contributed by atoms with E-state index in [2.05, 4.69) is 28.0 Å². The van der Waals surface area contributed by atoms with Gasteiger partial charge in [-0.05, 0) is 41.1 Å². The molecule has 1 N–H and O–H groups in total. The molecule has 2 unspecified atom stereocenters. The molecule has 4 nitrogen and oxygen atoms in total. The van der Waals surface area contributed by atoms with Crippen LogP contribution in [0.1, 0.15) is 57.2 Å². The van der Waals surface area contributed by atoms with Crippen LogP contribution in [0.25, 0.3) is 0 Å². The van der Waals surface area contributed by atoms with Gasteiger partial charge >= 0.3 is 0 Å². The van der Waals surface area contributed by atoms with Crippen LogP contribution in [0.2, 0.25) is 0 Å². The Bertz CT molecular complexity index is 416. The third kappa shape index (κ3) is 3.43. The van der Waals surface area contributed by atoms with Crippen LogP contribution in [0.4, 0.5) is 0 Å². The Morgan fingerprint density at radius 1 is 1.45 bits per heavy atom. The average Bonchev–Trinajstić information content (AvgIpc) is 2.82. The second kappa shape index (κ2) is 7.57. The summed E-state index contributed by atoms with van der Waals surface area (Å²) in [5.74, 6) is 0.445. The molecule has 1 saturated carbocycles. The number of aryl methyl sites for hydroxylation is 1. The van der Waals surface area contributed by atoms with Crippen molar-refractivity contribution in [1.82, 2.24) is 9.78 Å². The molecule has 1 aromatic rings. The van der Waals surface area contributed by atoms with Crippen molar-refractivity contribution in [2.45, 2.75) is 64.2 Å². The monoisotopic (exact) mass is 344 g/mol. The minimum absolute atomic E-state index is 0.140. The van der Waals surface area contributed by atoms with Gasteiger partial charge in [0, 0.05) is 13.7 Å². The number of aliphatic hydroxyl groups is 1. The summed E-state index contributed by atoms with van der Waals surface area (Å²) in [5.41, 5.74) is 0.851. The summed E-state index contributed by atoms with van der Waals surface area (Å²) in [6, 6.07) is 0. The van der Waals surface area contributed by atoms with Gasteiger partial charge in [-0.1, -0.05) is 26.2 Å². The third-order valence-electron chi connectivity index (χ3n) is 4.25. The van der Waals surface area contributed by atoms with Gasteiger partial charge in [-0.3, -0.25) is 4.68 Å². The lowest BCUT2D eigenvalue weighted by Gasteiger charge is -2.32. The van der Waals surface area contributed by atoms with Crippen LogP contribution in [0.3, 0.4) is 0 Å². The highest BCUT2D eigenvalue weighted by molar-refractivity contribution is 9.10. The topological polar surface area (TPSA) is 47.3 Å². The normalized spacial score (nSPS) is 20.0. The van der Waals surface area contributed by atoms with E-state index < -0.39 is 6.10 Å². The second-order valence-corrected chi connectivity index (χ2v) is 6.50. The number of rotatable bonds is 6. The molecule has 0 bridgehead atoms. The molecular formula is C15H25BrN2O2. The van der Waals surface area contributed by atoms with Crippen molar-refractivity contribution in [3.8, 4) is 0 Å². The largest absolute Gasteiger partial charge is 0.384 e. The first-order valence-corrected chi connectivity index (χ1v) is 8.40. The predicted octanol–water partition coefficient (Wildman–Crippen LogP) is 3.68. The van der Waals surface area contributed by atoms with E-state index in [0.717, 1.165) is 36.0 Å². The second-order valence-electron chi connectivity index (χ2n) is 5.64. The molecule has 1 aromatic heterocycles. The van der Waals surface area contributed by atoms with E-state index in [4.69, 9.17) is 4.74 Å². The molecule has 0 aliphatic heterocycles. The molecule has 1 heterocycles. The van der Waals surface area contributed by atoms with Crippen LogP contribution in [-0.4, -0.2) is 28.1 Å². The lowest BCUT2D eigenvalue weighted by molar-refractivity contribution is -0.0595. The highest BCUT2D eigenvalue weighted by Gasteiger charge is 2.33. The Balaban J connectivity index is 2.18. The van der Waals surface area contributed by atoms with Crippen molar-refractivity contribution >= 4 is 15.9 Å². The molecule has 2 atom stereocenters. The Labute approximate surface area is 129 Å². The van der Waals surface area contributed by atoms with Gasteiger partial charge < -0.3 is 9.84 Å². The summed E-state index contributed by atoms with van der Waals surface area (Å²) in [6.07, 6.45) is 8.09. The number of aromatic nitrogens is 2. The lowest BCUT2D eigenvalue weighted by Crippen LogP contribution is -2.32. The number of methoxy groups -OCH3 is 1. The van der Waals surface area contributed by atoms with E-state index in [9.17, 15) is 5.11 Å². The van der Waals surface area contributed by atoms with Crippen LogP contribution in [-0.2, 0) is 11.3 Å². The zero-order valence-electron chi connectivity index (χ0n) is 12.4. The maximum absolute atomic E-state index is 10.8. The molecule has 0 saturated heterocycles. The van der Waals surface area contributed by atoms with Crippen LogP contribution < -0.4 is 0 Å². The lowest BCUT2D eigenvalue weighted by atomic mass is 9.82. The average molecular weight is 345 g/mol. The number of aliphatic hydroxyl groups excluding tert-OH is 1. The summed E-state index contributed by atoms with van der Waals surface area (Å²) < 4.78 is 8.42. The first kappa shape index (κ1) is 16.0. The van der Waals surface area contributed by atoms with Crippen molar-refractivity contribution in [2.75, 3.05) is 7.11 Å². The fourth-order valence-electron chi connectivity index (χ4n) is 3.25. The highest BCUT2D eigenvalue weighted by Crippen LogP contribution is 2.36. The molecule has 114 valence electrons. The number of ether oxygens (including phenoxy) is 1. The standard InChI is InChI=1S/C15H25BrN2O2/c1-3-9-18-13(12(16)10-17-18)14(19)15(20-2)11-7-5-4-6-8-11/h10-11,14-15,19H,3-9H2,1-2H3. The van der Waals surface area contributed by atoms with Crippen LogP contribution in [0.5, 0.6) is 0 Å². The minimum Gasteiger partial charge on any atom is -0.384 e. The molecule has 1 aliphatic rings. The highest BCUT2D eigenvalue weighted by atomic mass is 79.9. The van der Waals surface area contributed by atoms with E-state index in [-0.39, 0.29) is 6.10 Å². The molecule has 1 aliphatic carbocycles. The van der Waals surface area contributed by atoms with Gasteiger partial charge in [0.2, 0.25) is 0 Å². The summed E-state index contributed by atoms with van der Waals surface area (Å²) in [4.78, 5) is 0. The first-order valence-electron chi connectivity index (χ1n) is 7.61. The molecule has 0 spiro atoms. The van der Waals surface area contributed by atoms with Gasteiger partial charge in [0.15, 0.2) is 0 Å². The number of hydrogen-bond donors (Lipinski definition) is 1. The van der Waals surface area contributed by atoms with Crippen molar-refractivity contribution in [3.63, 3.8) is 0 Å². The number of hydrogen-bond acceptors (Lipinski definition) is 3. The number of halogens is 1. The van der Waals surface area contributed by atoms with Gasteiger partial charge in [-0.15, -0.1) is 0 Å². The fraction of sp³-hybridized carbons (Fsp3) is 0.800. The van der Waals surface area contributed by atoms with Gasteiger partial charge in [-0.2, -0.15) is 5.10 Å². The molecule has 2 rings (SSSR count). The van der Waals surface area contributed by atoms with Gasteiger partial charge in [0.25, 0.3) is 0 Å². The molecule has 0 amide bonds. The molecule has 5 heteroatoms. The van der Waals surface area contributed by atoms with E-state index in [0.29, 0.717) is 5.92 Å². The summed E-state index contributed by atoms with van der Waals surface area (Å²) in [6.45, 7) is 2.93. The Kier molecular flexibility index (Phi) is 6.05. The van der Waals surface area contributed by atoms with Crippen LogP contribution >= 0.6 is 15.9 Å². The van der Waals surface area contributed by atoms with Crippen molar-refractivity contribution in [2.24, 2.45) is 5.92 Å². The molecule has 0 radical (unpaired) electrons. The van der Waals surface area contributed by atoms with Crippen LogP contribution in [0, 0.1) is 5.92 Å². The van der Waals surface area contributed by atoms with Crippen LogP contribution in [0.15, 0.2) is 10.7 Å².